The number of methoxy groups -OCH3 is 1. The molecule has 0 amide bonds. The number of guanidine groups is 1. The van der Waals surface area contributed by atoms with Gasteiger partial charge in [-0.25, -0.2) is 0 Å². The van der Waals surface area contributed by atoms with Crippen molar-refractivity contribution in [2.75, 3.05) is 46.9 Å². The summed E-state index contributed by atoms with van der Waals surface area (Å²) in [6.07, 6.45) is 3.31. The lowest BCUT2D eigenvalue weighted by molar-refractivity contribution is -0.146. The number of carbonyl (C=O) groups is 1. The second kappa shape index (κ2) is 10.2. The van der Waals surface area contributed by atoms with Gasteiger partial charge in [0.25, 0.3) is 0 Å². The minimum Gasteiger partial charge on any atom is -0.469 e. The standard InChI is InChI=1S/C19H32N4O3/c1-5-22(6-2)16(17-8-7-13-26-17)14-21-19(20-3)23-11-9-15(10-12-23)18(24)25-4/h7-8,13,15-16H,5-6,9-12,14H2,1-4H3,(H,20,21). The molecule has 2 rings (SSSR count). The number of hydrogen-bond acceptors (Lipinski definition) is 5. The fourth-order valence-corrected chi connectivity index (χ4v) is 3.57. The second-order valence-corrected chi connectivity index (χ2v) is 6.47. The third kappa shape index (κ3) is 5.00. The summed E-state index contributed by atoms with van der Waals surface area (Å²) in [5.74, 6) is 1.73. The summed E-state index contributed by atoms with van der Waals surface area (Å²) in [5.41, 5.74) is 0. The van der Waals surface area contributed by atoms with Gasteiger partial charge in [0.1, 0.15) is 5.76 Å². The molecule has 1 fully saturated rings. The molecular formula is C19H32N4O3. The molecule has 2 heterocycles. The molecule has 1 atom stereocenters. The van der Waals surface area contributed by atoms with E-state index in [-0.39, 0.29) is 17.9 Å². The summed E-state index contributed by atoms with van der Waals surface area (Å²) in [5, 5.41) is 3.49. The van der Waals surface area contributed by atoms with Crippen LogP contribution in [-0.4, -0.2) is 68.6 Å². The first-order valence-corrected chi connectivity index (χ1v) is 9.45. The number of rotatable bonds is 7. The molecule has 0 bridgehead atoms. The zero-order valence-corrected chi connectivity index (χ0v) is 16.4. The number of nitrogens with zero attached hydrogens (tertiary/aromatic N) is 3. The first kappa shape index (κ1) is 20.3. The fourth-order valence-electron chi connectivity index (χ4n) is 3.57. The Hall–Kier alpha value is -2.02. The van der Waals surface area contributed by atoms with E-state index in [1.165, 1.54) is 7.11 Å². The quantitative estimate of drug-likeness (QED) is 0.454. The number of carbonyl (C=O) groups excluding carboxylic acids is 1. The highest BCUT2D eigenvalue weighted by atomic mass is 16.5. The van der Waals surface area contributed by atoms with Crippen molar-refractivity contribution in [2.24, 2.45) is 10.9 Å². The predicted molar refractivity (Wildman–Crippen MR) is 102 cm³/mol. The van der Waals surface area contributed by atoms with Gasteiger partial charge in [-0.2, -0.15) is 0 Å². The highest BCUT2D eigenvalue weighted by molar-refractivity contribution is 5.80. The van der Waals surface area contributed by atoms with E-state index in [0.717, 1.165) is 57.3 Å². The summed E-state index contributed by atoms with van der Waals surface area (Å²) in [6, 6.07) is 4.11. The maximum Gasteiger partial charge on any atom is 0.308 e. The van der Waals surface area contributed by atoms with Crippen LogP contribution in [-0.2, 0) is 9.53 Å². The zero-order valence-electron chi connectivity index (χ0n) is 16.4. The third-order valence-electron chi connectivity index (χ3n) is 5.12. The summed E-state index contributed by atoms with van der Waals surface area (Å²) in [7, 11) is 3.26. The normalized spacial score (nSPS) is 17.4. The Labute approximate surface area is 156 Å². The van der Waals surface area contributed by atoms with Crippen molar-refractivity contribution in [3.05, 3.63) is 24.2 Å². The topological polar surface area (TPSA) is 70.3 Å². The molecule has 7 nitrogen and oxygen atoms in total. The van der Waals surface area contributed by atoms with E-state index in [0.29, 0.717) is 0 Å². The van der Waals surface area contributed by atoms with Crippen LogP contribution in [0.25, 0.3) is 0 Å². The van der Waals surface area contributed by atoms with Crippen LogP contribution in [0.15, 0.2) is 27.8 Å². The van der Waals surface area contributed by atoms with Gasteiger partial charge >= 0.3 is 5.97 Å². The average Bonchev–Trinajstić information content (AvgIpc) is 3.22. The van der Waals surface area contributed by atoms with Gasteiger partial charge in [-0.1, -0.05) is 13.8 Å². The van der Waals surface area contributed by atoms with Crippen molar-refractivity contribution in [2.45, 2.75) is 32.7 Å². The van der Waals surface area contributed by atoms with Crippen molar-refractivity contribution >= 4 is 11.9 Å². The van der Waals surface area contributed by atoms with E-state index in [2.05, 4.69) is 34.0 Å². The van der Waals surface area contributed by atoms with E-state index in [1.807, 2.05) is 12.1 Å². The smallest absolute Gasteiger partial charge is 0.308 e. The Morgan fingerprint density at radius 1 is 1.42 bits per heavy atom. The minimum absolute atomic E-state index is 0.000831. The number of hydrogen-bond donors (Lipinski definition) is 1. The first-order chi connectivity index (χ1) is 12.6. The maximum atomic E-state index is 11.7. The van der Waals surface area contributed by atoms with Crippen molar-refractivity contribution in [3.63, 3.8) is 0 Å². The molecule has 146 valence electrons. The summed E-state index contributed by atoms with van der Waals surface area (Å²) < 4.78 is 10.5. The molecule has 0 aliphatic carbocycles. The molecule has 7 heteroatoms. The van der Waals surface area contributed by atoms with E-state index >= 15 is 0 Å². The summed E-state index contributed by atoms with van der Waals surface area (Å²) >= 11 is 0. The molecule has 1 N–H and O–H groups in total. The number of furan rings is 1. The predicted octanol–water partition coefficient (Wildman–Crippen LogP) is 2.12. The summed E-state index contributed by atoms with van der Waals surface area (Å²) in [4.78, 5) is 20.7. The number of esters is 1. The largest absolute Gasteiger partial charge is 0.469 e. The number of ether oxygens (including phenoxy) is 1. The van der Waals surface area contributed by atoms with Crippen LogP contribution in [0, 0.1) is 5.92 Å². The maximum absolute atomic E-state index is 11.7. The van der Waals surface area contributed by atoms with Crippen LogP contribution in [0.4, 0.5) is 0 Å². The number of piperidine rings is 1. The molecular weight excluding hydrogens is 332 g/mol. The minimum atomic E-state index is -0.105. The second-order valence-electron chi connectivity index (χ2n) is 6.47. The fraction of sp³-hybridized carbons (Fsp3) is 0.684. The van der Waals surface area contributed by atoms with Gasteiger partial charge in [-0.15, -0.1) is 0 Å². The van der Waals surface area contributed by atoms with Crippen LogP contribution in [0.3, 0.4) is 0 Å². The molecule has 1 aliphatic rings. The molecule has 26 heavy (non-hydrogen) atoms. The Morgan fingerprint density at radius 2 is 2.12 bits per heavy atom. The van der Waals surface area contributed by atoms with Crippen molar-refractivity contribution in [1.29, 1.82) is 0 Å². The van der Waals surface area contributed by atoms with E-state index in [4.69, 9.17) is 9.15 Å². The van der Waals surface area contributed by atoms with Crippen LogP contribution in [0.1, 0.15) is 38.5 Å². The highest BCUT2D eigenvalue weighted by Crippen LogP contribution is 2.21. The molecule has 1 unspecified atom stereocenters. The van der Waals surface area contributed by atoms with Crippen molar-refractivity contribution in [1.82, 2.24) is 15.1 Å². The lowest BCUT2D eigenvalue weighted by Crippen LogP contribution is -2.48. The SMILES string of the molecule is CCN(CC)C(CNC(=NC)N1CCC(C(=O)OC)CC1)c1ccco1. The Balaban J connectivity index is 1.95. The van der Waals surface area contributed by atoms with Gasteiger partial charge in [0, 0.05) is 26.7 Å². The molecule has 0 radical (unpaired) electrons. The molecule has 1 aromatic rings. The van der Waals surface area contributed by atoms with Gasteiger partial charge in [-0.05, 0) is 38.1 Å². The van der Waals surface area contributed by atoms with Crippen LogP contribution in [0.5, 0.6) is 0 Å². The number of likely N-dealkylation sites (N-methyl/N-ethyl adjacent to an activating group) is 1. The van der Waals surface area contributed by atoms with Crippen LogP contribution >= 0.6 is 0 Å². The van der Waals surface area contributed by atoms with Gasteiger partial charge in [0.15, 0.2) is 5.96 Å². The number of aliphatic imine (C=N–C) groups is 1. The molecule has 1 aliphatic heterocycles. The van der Waals surface area contributed by atoms with Gasteiger partial charge in [0.05, 0.1) is 25.3 Å². The molecule has 0 saturated carbocycles. The van der Waals surface area contributed by atoms with Crippen LogP contribution < -0.4 is 5.32 Å². The highest BCUT2D eigenvalue weighted by Gasteiger charge is 2.28. The molecule has 0 aromatic carbocycles. The van der Waals surface area contributed by atoms with Gasteiger partial charge in [0.2, 0.25) is 0 Å². The Kier molecular flexibility index (Phi) is 7.97. The molecule has 0 spiro atoms. The van der Waals surface area contributed by atoms with Crippen molar-refractivity contribution in [3.8, 4) is 0 Å². The van der Waals surface area contributed by atoms with Gasteiger partial charge in [-0.3, -0.25) is 14.7 Å². The van der Waals surface area contributed by atoms with E-state index < -0.39 is 0 Å². The monoisotopic (exact) mass is 364 g/mol. The third-order valence-corrected chi connectivity index (χ3v) is 5.12. The number of nitrogens with one attached hydrogen (secondary N) is 1. The van der Waals surface area contributed by atoms with Crippen molar-refractivity contribution < 1.29 is 13.9 Å². The summed E-state index contributed by atoms with van der Waals surface area (Å²) in [6.45, 7) is 8.54. The van der Waals surface area contributed by atoms with E-state index in [9.17, 15) is 4.79 Å². The molecule has 1 aromatic heterocycles. The van der Waals surface area contributed by atoms with Gasteiger partial charge < -0.3 is 19.4 Å². The molecule has 1 saturated heterocycles. The lowest BCUT2D eigenvalue weighted by atomic mass is 9.97. The van der Waals surface area contributed by atoms with E-state index in [1.54, 1.807) is 13.3 Å². The average molecular weight is 364 g/mol. The Bertz CT molecular complexity index is 561. The lowest BCUT2D eigenvalue weighted by Gasteiger charge is -2.35. The van der Waals surface area contributed by atoms with Crippen LogP contribution in [0.2, 0.25) is 0 Å². The Morgan fingerprint density at radius 3 is 2.62 bits per heavy atom. The first-order valence-electron chi connectivity index (χ1n) is 9.45. The zero-order chi connectivity index (χ0) is 18.9. The number of likely N-dealkylation sites (tertiary alicyclic amines) is 1.